The molecule has 1 aromatic heterocycles. The number of benzene rings is 3. The molecule has 5 rings (SSSR count). The van der Waals surface area contributed by atoms with Gasteiger partial charge in [0.2, 0.25) is 11.8 Å². The molecule has 8 heteroatoms. The van der Waals surface area contributed by atoms with Crippen molar-refractivity contribution in [3.8, 4) is 5.75 Å². The maximum atomic E-state index is 13.6. The van der Waals surface area contributed by atoms with Crippen LogP contribution in [0.5, 0.6) is 5.75 Å². The van der Waals surface area contributed by atoms with Gasteiger partial charge in [-0.05, 0) is 42.0 Å². The van der Waals surface area contributed by atoms with Crippen molar-refractivity contribution < 1.29 is 19.1 Å². The minimum absolute atomic E-state index is 0.215. The number of rotatable bonds is 6. The minimum Gasteiger partial charge on any atom is -0.497 e. The summed E-state index contributed by atoms with van der Waals surface area (Å²) in [5.74, 6) is 0.0340. The number of anilines is 2. The second-order valence-electron chi connectivity index (χ2n) is 7.88. The highest BCUT2D eigenvalue weighted by molar-refractivity contribution is 7.22. The molecule has 2 heterocycles. The number of fused-ring (bicyclic) bond motifs is 1. The molecule has 3 amide bonds. The largest absolute Gasteiger partial charge is 0.497 e. The quantitative estimate of drug-likeness (QED) is 0.377. The molecule has 34 heavy (non-hydrogen) atoms. The monoisotopic (exact) mass is 471 g/mol. The maximum Gasteiger partial charge on any atom is 0.260 e. The SMILES string of the molecule is COc1ccc2sc(N(Cc3ccccc3)C(=O)c3ccc(N4C(=O)CCC4=O)cc3)nc2c1. The predicted molar refractivity (Wildman–Crippen MR) is 131 cm³/mol. The number of imide groups is 1. The predicted octanol–water partition coefficient (Wildman–Crippen LogP) is 4.81. The summed E-state index contributed by atoms with van der Waals surface area (Å²) in [6.45, 7) is 0.349. The second kappa shape index (κ2) is 9.07. The van der Waals surface area contributed by atoms with Gasteiger partial charge in [-0.1, -0.05) is 41.7 Å². The van der Waals surface area contributed by atoms with Crippen molar-refractivity contribution in [1.82, 2.24) is 4.98 Å². The first-order chi connectivity index (χ1) is 16.5. The summed E-state index contributed by atoms with van der Waals surface area (Å²) in [6.07, 6.45) is 0.430. The van der Waals surface area contributed by atoms with Crippen molar-refractivity contribution in [3.05, 3.63) is 83.9 Å². The summed E-state index contributed by atoms with van der Waals surface area (Å²) < 4.78 is 6.25. The molecule has 3 aromatic carbocycles. The summed E-state index contributed by atoms with van der Waals surface area (Å²) in [4.78, 5) is 45.3. The van der Waals surface area contributed by atoms with Crippen LogP contribution in [0.3, 0.4) is 0 Å². The van der Waals surface area contributed by atoms with Gasteiger partial charge >= 0.3 is 0 Å². The molecule has 1 aliphatic rings. The first-order valence-corrected chi connectivity index (χ1v) is 11.6. The van der Waals surface area contributed by atoms with Crippen molar-refractivity contribution in [3.63, 3.8) is 0 Å². The van der Waals surface area contributed by atoms with Crippen LogP contribution in [0.15, 0.2) is 72.8 Å². The molecule has 0 spiro atoms. The molecule has 0 unspecified atom stereocenters. The zero-order valence-corrected chi connectivity index (χ0v) is 19.2. The second-order valence-corrected chi connectivity index (χ2v) is 8.89. The molecular weight excluding hydrogens is 450 g/mol. The van der Waals surface area contributed by atoms with E-state index in [2.05, 4.69) is 0 Å². The third-order valence-electron chi connectivity index (χ3n) is 5.67. The topological polar surface area (TPSA) is 79.8 Å². The third-order valence-corrected chi connectivity index (χ3v) is 6.73. The highest BCUT2D eigenvalue weighted by Crippen LogP contribution is 2.33. The van der Waals surface area contributed by atoms with Gasteiger partial charge in [-0.25, -0.2) is 4.98 Å². The number of methoxy groups -OCH3 is 1. The van der Waals surface area contributed by atoms with E-state index >= 15 is 0 Å². The molecule has 0 radical (unpaired) electrons. The lowest BCUT2D eigenvalue weighted by molar-refractivity contribution is -0.121. The molecule has 170 valence electrons. The fraction of sp³-hybridized carbons (Fsp3) is 0.154. The number of carbonyl (C=O) groups is 3. The fourth-order valence-corrected chi connectivity index (χ4v) is 4.85. The average molecular weight is 472 g/mol. The van der Waals surface area contributed by atoms with Crippen LogP contribution in [-0.2, 0) is 16.1 Å². The Hall–Kier alpha value is -4.04. The Kier molecular flexibility index (Phi) is 5.81. The molecule has 0 N–H and O–H groups in total. The Morgan fingerprint density at radius 1 is 1.00 bits per heavy atom. The fourth-order valence-electron chi connectivity index (χ4n) is 3.90. The van der Waals surface area contributed by atoms with Crippen LogP contribution in [0.1, 0.15) is 28.8 Å². The van der Waals surface area contributed by atoms with Crippen molar-refractivity contribution in [2.24, 2.45) is 0 Å². The highest BCUT2D eigenvalue weighted by Gasteiger charge is 2.30. The Morgan fingerprint density at radius 2 is 1.71 bits per heavy atom. The molecular formula is C26H21N3O4S. The van der Waals surface area contributed by atoms with Gasteiger partial charge < -0.3 is 4.74 Å². The standard InChI is InChI=1S/C26H21N3O4S/c1-33-20-11-12-22-21(15-20)27-26(34-22)28(16-17-5-3-2-4-6-17)25(32)18-7-9-19(10-8-18)29-23(30)13-14-24(29)31/h2-12,15H,13-14,16H2,1H3. The third kappa shape index (κ3) is 4.15. The number of nitrogens with zero attached hydrogens (tertiary/aromatic N) is 3. The minimum atomic E-state index is -0.223. The van der Waals surface area contributed by atoms with E-state index in [0.717, 1.165) is 15.8 Å². The van der Waals surface area contributed by atoms with Crippen LogP contribution in [-0.4, -0.2) is 29.8 Å². The number of carbonyl (C=O) groups excluding carboxylic acids is 3. The van der Waals surface area contributed by atoms with E-state index in [0.29, 0.717) is 28.7 Å². The van der Waals surface area contributed by atoms with Gasteiger partial charge in [0.25, 0.3) is 5.91 Å². The summed E-state index contributed by atoms with van der Waals surface area (Å²) in [5.41, 5.74) is 2.64. The van der Waals surface area contributed by atoms with E-state index in [4.69, 9.17) is 9.72 Å². The lowest BCUT2D eigenvalue weighted by Crippen LogP contribution is -2.31. The molecule has 1 saturated heterocycles. The van der Waals surface area contributed by atoms with E-state index in [1.807, 2.05) is 48.5 Å². The van der Waals surface area contributed by atoms with Crippen LogP contribution in [0.25, 0.3) is 10.2 Å². The summed E-state index contributed by atoms with van der Waals surface area (Å²) in [6, 6.07) is 21.9. The van der Waals surface area contributed by atoms with Crippen molar-refractivity contribution in [2.45, 2.75) is 19.4 Å². The maximum absolute atomic E-state index is 13.6. The van der Waals surface area contributed by atoms with Gasteiger partial charge in [0.1, 0.15) is 5.75 Å². The van der Waals surface area contributed by atoms with E-state index in [1.54, 1.807) is 36.3 Å². The van der Waals surface area contributed by atoms with Crippen LogP contribution in [0, 0.1) is 0 Å². The van der Waals surface area contributed by atoms with E-state index < -0.39 is 0 Å². The number of aromatic nitrogens is 1. The zero-order chi connectivity index (χ0) is 23.7. The van der Waals surface area contributed by atoms with Gasteiger partial charge in [-0.3, -0.25) is 24.2 Å². The normalized spacial score (nSPS) is 13.5. The molecule has 7 nitrogen and oxygen atoms in total. The van der Waals surface area contributed by atoms with Crippen LogP contribution in [0.2, 0.25) is 0 Å². The number of ether oxygens (including phenoxy) is 1. The van der Waals surface area contributed by atoms with Gasteiger partial charge in [-0.15, -0.1) is 0 Å². The Labute approximate surface area is 200 Å². The van der Waals surface area contributed by atoms with Gasteiger partial charge in [0.15, 0.2) is 5.13 Å². The molecule has 0 saturated carbocycles. The summed E-state index contributed by atoms with van der Waals surface area (Å²) in [7, 11) is 1.60. The van der Waals surface area contributed by atoms with Crippen molar-refractivity contribution in [1.29, 1.82) is 0 Å². The molecule has 0 atom stereocenters. The molecule has 0 bridgehead atoms. The van der Waals surface area contributed by atoms with Crippen LogP contribution in [0.4, 0.5) is 10.8 Å². The molecule has 4 aromatic rings. The highest BCUT2D eigenvalue weighted by atomic mass is 32.1. The Morgan fingerprint density at radius 3 is 2.38 bits per heavy atom. The van der Waals surface area contributed by atoms with Crippen LogP contribution >= 0.6 is 11.3 Å². The van der Waals surface area contributed by atoms with Crippen molar-refractivity contribution in [2.75, 3.05) is 16.9 Å². The molecule has 1 fully saturated rings. The molecule has 1 aliphatic heterocycles. The van der Waals surface area contributed by atoms with E-state index in [-0.39, 0.29) is 30.6 Å². The lowest BCUT2D eigenvalue weighted by Gasteiger charge is -2.21. The first kappa shape index (κ1) is 21.8. The van der Waals surface area contributed by atoms with Gasteiger partial charge in [-0.2, -0.15) is 0 Å². The van der Waals surface area contributed by atoms with E-state index in [1.165, 1.54) is 16.2 Å². The summed E-state index contributed by atoms with van der Waals surface area (Å²) in [5, 5.41) is 0.575. The smallest absolute Gasteiger partial charge is 0.260 e. The van der Waals surface area contributed by atoms with Gasteiger partial charge in [0.05, 0.1) is 29.6 Å². The number of hydrogen-bond acceptors (Lipinski definition) is 6. The van der Waals surface area contributed by atoms with Gasteiger partial charge in [0, 0.05) is 24.5 Å². The average Bonchev–Trinajstić information content (AvgIpc) is 3.44. The summed E-state index contributed by atoms with van der Waals surface area (Å²) >= 11 is 1.43. The Bertz CT molecular complexity index is 1370. The zero-order valence-electron chi connectivity index (χ0n) is 18.4. The number of hydrogen-bond donors (Lipinski definition) is 0. The molecule has 0 aliphatic carbocycles. The Balaban J connectivity index is 1.49. The van der Waals surface area contributed by atoms with Crippen molar-refractivity contribution >= 4 is 50.1 Å². The number of thiazole rings is 1. The number of amides is 3. The first-order valence-electron chi connectivity index (χ1n) is 10.8. The van der Waals surface area contributed by atoms with E-state index in [9.17, 15) is 14.4 Å². The lowest BCUT2D eigenvalue weighted by atomic mass is 10.1. The van der Waals surface area contributed by atoms with Crippen LogP contribution < -0.4 is 14.5 Å².